The van der Waals surface area contributed by atoms with Gasteiger partial charge < -0.3 is 10.1 Å². The highest BCUT2D eigenvalue weighted by Crippen LogP contribution is 2.13. The van der Waals surface area contributed by atoms with Gasteiger partial charge in [0.05, 0.1) is 6.10 Å². The van der Waals surface area contributed by atoms with E-state index < -0.39 is 0 Å². The second kappa shape index (κ2) is 7.85. The van der Waals surface area contributed by atoms with Gasteiger partial charge in [-0.05, 0) is 44.5 Å². The van der Waals surface area contributed by atoms with Crippen LogP contribution in [0, 0.1) is 0 Å². The smallest absolute Gasteiger partial charge is 0.0703 e. The summed E-state index contributed by atoms with van der Waals surface area (Å²) in [6.45, 7) is 8.05. The predicted octanol–water partition coefficient (Wildman–Crippen LogP) is 3.39. The molecule has 2 nitrogen and oxygen atoms in total. The van der Waals surface area contributed by atoms with Crippen molar-refractivity contribution in [2.45, 2.75) is 39.3 Å². The van der Waals surface area contributed by atoms with E-state index in [0.717, 1.165) is 24.0 Å². The van der Waals surface area contributed by atoms with E-state index in [0.29, 0.717) is 6.04 Å². The molecule has 0 aliphatic rings. The molecule has 2 unspecified atom stereocenters. The molecule has 0 aliphatic heterocycles. The summed E-state index contributed by atoms with van der Waals surface area (Å²) in [7, 11) is 0. The molecule has 0 aromatic heterocycles. The van der Waals surface area contributed by atoms with Gasteiger partial charge in [-0.1, -0.05) is 35.0 Å². The molecule has 1 aromatic rings. The molecule has 0 fully saturated rings. The molecule has 0 saturated heterocycles. The molecule has 96 valence electrons. The average Bonchev–Trinajstić information content (AvgIpc) is 2.31. The van der Waals surface area contributed by atoms with Crippen LogP contribution in [-0.4, -0.2) is 25.3 Å². The van der Waals surface area contributed by atoms with Crippen molar-refractivity contribution in [3.05, 3.63) is 34.3 Å². The largest absolute Gasteiger partial charge is 0.377 e. The lowest BCUT2D eigenvalue weighted by atomic mass is 10.0. The van der Waals surface area contributed by atoms with E-state index in [-0.39, 0.29) is 6.10 Å². The highest BCUT2D eigenvalue weighted by atomic mass is 79.9. The third kappa shape index (κ3) is 5.19. The first-order chi connectivity index (χ1) is 8.17. The predicted molar refractivity (Wildman–Crippen MR) is 76.4 cm³/mol. The third-order valence-corrected chi connectivity index (χ3v) is 3.36. The van der Waals surface area contributed by atoms with Crippen molar-refractivity contribution in [1.82, 2.24) is 5.32 Å². The van der Waals surface area contributed by atoms with E-state index in [1.807, 2.05) is 6.92 Å². The summed E-state index contributed by atoms with van der Waals surface area (Å²) in [6.07, 6.45) is 1.24. The van der Waals surface area contributed by atoms with Crippen molar-refractivity contribution < 1.29 is 4.74 Å². The van der Waals surface area contributed by atoms with Crippen LogP contribution >= 0.6 is 15.9 Å². The van der Waals surface area contributed by atoms with Gasteiger partial charge in [0.25, 0.3) is 0 Å². The molecule has 2 atom stereocenters. The van der Waals surface area contributed by atoms with Gasteiger partial charge in [-0.2, -0.15) is 0 Å². The van der Waals surface area contributed by atoms with Crippen molar-refractivity contribution >= 4 is 15.9 Å². The fourth-order valence-electron chi connectivity index (χ4n) is 1.92. The van der Waals surface area contributed by atoms with Crippen LogP contribution in [0.4, 0.5) is 0 Å². The zero-order valence-electron chi connectivity index (χ0n) is 10.9. The second-order valence-electron chi connectivity index (χ2n) is 4.16. The molecule has 1 rings (SSSR count). The number of benzene rings is 1. The first-order valence-corrected chi connectivity index (χ1v) is 7.06. The first kappa shape index (κ1) is 14.7. The summed E-state index contributed by atoms with van der Waals surface area (Å²) in [5, 5.41) is 3.49. The van der Waals surface area contributed by atoms with Gasteiger partial charge in [0.1, 0.15) is 0 Å². The second-order valence-corrected chi connectivity index (χ2v) is 5.07. The van der Waals surface area contributed by atoms with Crippen LogP contribution < -0.4 is 5.32 Å². The summed E-state index contributed by atoms with van der Waals surface area (Å²) in [6, 6.07) is 8.87. The van der Waals surface area contributed by atoms with Crippen LogP contribution in [0.5, 0.6) is 0 Å². The minimum Gasteiger partial charge on any atom is -0.377 e. The molecule has 0 saturated carbocycles. The summed E-state index contributed by atoms with van der Waals surface area (Å²) >= 11 is 3.46. The first-order valence-electron chi connectivity index (χ1n) is 6.26. The molecule has 0 amide bonds. The summed E-state index contributed by atoms with van der Waals surface area (Å²) in [5.74, 6) is 0. The number of hydrogen-bond acceptors (Lipinski definition) is 2. The van der Waals surface area contributed by atoms with Crippen LogP contribution in [0.3, 0.4) is 0 Å². The van der Waals surface area contributed by atoms with Crippen LogP contribution in [0.2, 0.25) is 0 Å². The van der Waals surface area contributed by atoms with Gasteiger partial charge in [-0.25, -0.2) is 0 Å². The Kier molecular flexibility index (Phi) is 6.78. The fourth-order valence-corrected chi connectivity index (χ4v) is 2.18. The molecule has 17 heavy (non-hydrogen) atoms. The van der Waals surface area contributed by atoms with E-state index in [1.165, 1.54) is 5.56 Å². The molecule has 1 N–H and O–H groups in total. The van der Waals surface area contributed by atoms with E-state index in [9.17, 15) is 0 Å². The van der Waals surface area contributed by atoms with E-state index >= 15 is 0 Å². The third-order valence-electron chi connectivity index (χ3n) is 2.83. The Morgan fingerprint density at radius 1 is 1.24 bits per heavy atom. The molecule has 0 radical (unpaired) electrons. The summed E-state index contributed by atoms with van der Waals surface area (Å²) < 4.78 is 6.80. The van der Waals surface area contributed by atoms with Gasteiger partial charge in [-0.3, -0.25) is 0 Å². The molecule has 3 heteroatoms. The molecular formula is C14H22BrNO. The van der Waals surface area contributed by atoms with Crippen molar-refractivity contribution in [2.24, 2.45) is 0 Å². The van der Waals surface area contributed by atoms with Crippen LogP contribution in [-0.2, 0) is 11.2 Å². The Morgan fingerprint density at radius 2 is 1.88 bits per heavy atom. The number of hydrogen-bond donors (Lipinski definition) is 1. The lowest BCUT2D eigenvalue weighted by Gasteiger charge is -2.24. The van der Waals surface area contributed by atoms with Crippen LogP contribution in [0.15, 0.2) is 28.7 Å². The number of rotatable bonds is 7. The highest BCUT2D eigenvalue weighted by Gasteiger charge is 2.16. The maximum absolute atomic E-state index is 5.68. The van der Waals surface area contributed by atoms with E-state index in [2.05, 4.69) is 59.4 Å². The van der Waals surface area contributed by atoms with Gasteiger partial charge >= 0.3 is 0 Å². The normalized spacial score (nSPS) is 14.6. The topological polar surface area (TPSA) is 21.3 Å². The minimum atomic E-state index is 0.239. The number of halogens is 1. The van der Waals surface area contributed by atoms with Crippen LogP contribution in [0.25, 0.3) is 0 Å². The Hall–Kier alpha value is -0.380. The Labute approximate surface area is 113 Å². The van der Waals surface area contributed by atoms with Gasteiger partial charge in [0, 0.05) is 17.1 Å². The average molecular weight is 300 g/mol. The fraction of sp³-hybridized carbons (Fsp3) is 0.571. The molecule has 0 spiro atoms. The molecule has 0 heterocycles. The SMILES string of the molecule is CCNC(Cc1ccc(Br)cc1)C(C)OCC. The van der Waals surface area contributed by atoms with Gasteiger partial charge in [0.15, 0.2) is 0 Å². The lowest BCUT2D eigenvalue weighted by Crippen LogP contribution is -2.41. The lowest BCUT2D eigenvalue weighted by molar-refractivity contribution is 0.0480. The minimum absolute atomic E-state index is 0.239. The van der Waals surface area contributed by atoms with Crippen molar-refractivity contribution in [2.75, 3.05) is 13.2 Å². The number of nitrogens with one attached hydrogen (secondary N) is 1. The molecule has 0 bridgehead atoms. The quantitative estimate of drug-likeness (QED) is 0.833. The zero-order chi connectivity index (χ0) is 12.7. The molecule has 1 aromatic carbocycles. The Bertz CT molecular complexity index is 313. The van der Waals surface area contributed by atoms with Crippen molar-refractivity contribution in [1.29, 1.82) is 0 Å². The number of ether oxygens (including phenoxy) is 1. The van der Waals surface area contributed by atoms with Gasteiger partial charge in [-0.15, -0.1) is 0 Å². The van der Waals surface area contributed by atoms with Crippen molar-refractivity contribution in [3.8, 4) is 0 Å². The summed E-state index contributed by atoms with van der Waals surface area (Å²) in [4.78, 5) is 0. The molecule has 0 aliphatic carbocycles. The maximum Gasteiger partial charge on any atom is 0.0703 e. The van der Waals surface area contributed by atoms with E-state index in [1.54, 1.807) is 0 Å². The molecular weight excluding hydrogens is 278 g/mol. The highest BCUT2D eigenvalue weighted by molar-refractivity contribution is 9.10. The zero-order valence-corrected chi connectivity index (χ0v) is 12.5. The summed E-state index contributed by atoms with van der Waals surface area (Å²) in [5.41, 5.74) is 1.34. The number of likely N-dealkylation sites (N-methyl/N-ethyl adjacent to an activating group) is 1. The van der Waals surface area contributed by atoms with E-state index in [4.69, 9.17) is 4.74 Å². The van der Waals surface area contributed by atoms with Crippen molar-refractivity contribution in [3.63, 3.8) is 0 Å². The standard InChI is InChI=1S/C14H22BrNO/c1-4-16-14(11(3)17-5-2)10-12-6-8-13(15)9-7-12/h6-9,11,14,16H,4-5,10H2,1-3H3. The Balaban J connectivity index is 2.62. The van der Waals surface area contributed by atoms with Crippen LogP contribution in [0.1, 0.15) is 26.3 Å². The monoisotopic (exact) mass is 299 g/mol. The Morgan fingerprint density at radius 3 is 2.41 bits per heavy atom. The van der Waals surface area contributed by atoms with Gasteiger partial charge in [0.2, 0.25) is 0 Å². The maximum atomic E-state index is 5.68.